The van der Waals surface area contributed by atoms with Gasteiger partial charge in [-0.3, -0.25) is 10.1 Å². The molecular weight excluding hydrogens is 514 g/mol. The summed E-state index contributed by atoms with van der Waals surface area (Å²) in [6, 6.07) is 7.31. The van der Waals surface area contributed by atoms with Crippen molar-refractivity contribution in [1.82, 2.24) is 4.98 Å². The van der Waals surface area contributed by atoms with Crippen LogP contribution in [0.3, 0.4) is 0 Å². The van der Waals surface area contributed by atoms with Crippen LogP contribution in [0.2, 0.25) is 0 Å². The van der Waals surface area contributed by atoms with Gasteiger partial charge in [0, 0.05) is 39.8 Å². The van der Waals surface area contributed by atoms with Crippen molar-refractivity contribution < 1.29 is 33.0 Å². The molecular formula is C28H30F2N2O5S. The average Bonchev–Trinajstić information content (AvgIpc) is 3.31. The van der Waals surface area contributed by atoms with Gasteiger partial charge in [0.1, 0.15) is 17.4 Å². The second-order valence-electron chi connectivity index (χ2n) is 9.84. The highest BCUT2D eigenvalue weighted by atomic mass is 32.1. The third-order valence-electron chi connectivity index (χ3n) is 5.59. The number of halogens is 2. The van der Waals surface area contributed by atoms with E-state index in [2.05, 4.69) is 31.1 Å². The summed E-state index contributed by atoms with van der Waals surface area (Å²) < 4.78 is 40.4. The number of amides is 1. The van der Waals surface area contributed by atoms with Crippen LogP contribution < -0.4 is 10.1 Å². The number of methoxy groups -OCH3 is 1. The van der Waals surface area contributed by atoms with E-state index in [4.69, 9.17) is 14.6 Å². The number of aliphatic carboxylic acids is 1. The number of thiazole rings is 1. The fraction of sp³-hybridized carbons (Fsp3) is 0.321. The molecule has 2 aromatic carbocycles. The Bertz CT molecular complexity index is 1340. The molecule has 0 bridgehead atoms. The first-order chi connectivity index (χ1) is 17.9. The Kier molecular flexibility index (Phi) is 9.35. The van der Waals surface area contributed by atoms with Gasteiger partial charge in [-0.1, -0.05) is 32.9 Å². The number of nitrogens with zero attached hydrogens (tertiary/aromatic N) is 1. The zero-order valence-corrected chi connectivity index (χ0v) is 22.7. The van der Waals surface area contributed by atoms with Gasteiger partial charge in [-0.25, -0.2) is 18.6 Å². The third kappa shape index (κ3) is 7.45. The largest absolute Gasteiger partial charge is 0.496 e. The SMILES string of the molecule is COc1c(COCCC(C)(C)C)cccc1-c1csc(NC(=O)c2cc(F)c(/C=C(\C)C(=O)O)c(F)c2)n1. The summed E-state index contributed by atoms with van der Waals surface area (Å²) >= 11 is 1.15. The number of carbonyl (C=O) groups is 2. The van der Waals surface area contributed by atoms with Crippen molar-refractivity contribution in [1.29, 1.82) is 0 Å². The number of carbonyl (C=O) groups excluding carboxylic acids is 1. The standard InChI is InChI=1S/C28H30F2N2O5S/c1-16(26(34)35)11-20-21(29)12-18(13-22(20)30)25(33)32-27-31-23(15-38-27)19-8-6-7-17(24(19)36-5)14-37-10-9-28(2,3)4/h6-8,11-13,15H,9-10,14H2,1-5H3,(H,34,35)(H,31,32,33)/b16-11+. The summed E-state index contributed by atoms with van der Waals surface area (Å²) in [5.74, 6) is -3.57. The number of hydrogen-bond donors (Lipinski definition) is 2. The van der Waals surface area contributed by atoms with Crippen LogP contribution in [-0.4, -0.2) is 35.7 Å². The molecule has 3 rings (SSSR count). The Labute approximate surface area is 224 Å². The van der Waals surface area contributed by atoms with Crippen LogP contribution in [0.15, 0.2) is 41.3 Å². The summed E-state index contributed by atoms with van der Waals surface area (Å²) in [7, 11) is 1.56. The predicted octanol–water partition coefficient (Wildman–Crippen LogP) is 6.79. The predicted molar refractivity (Wildman–Crippen MR) is 143 cm³/mol. The summed E-state index contributed by atoms with van der Waals surface area (Å²) in [5, 5.41) is 13.5. The highest BCUT2D eigenvalue weighted by Crippen LogP contribution is 2.35. The molecule has 1 heterocycles. The smallest absolute Gasteiger partial charge is 0.331 e. The number of rotatable bonds is 10. The molecule has 2 N–H and O–H groups in total. The molecule has 3 aromatic rings. The fourth-order valence-corrected chi connectivity index (χ4v) is 4.16. The molecule has 7 nitrogen and oxygen atoms in total. The lowest BCUT2D eigenvalue weighted by Crippen LogP contribution is -2.13. The molecule has 0 aliphatic carbocycles. The summed E-state index contributed by atoms with van der Waals surface area (Å²) in [6.45, 7) is 8.65. The number of carboxylic acids is 1. The highest BCUT2D eigenvalue weighted by Gasteiger charge is 2.18. The minimum atomic E-state index is -1.31. The van der Waals surface area contributed by atoms with Crippen molar-refractivity contribution in [3.63, 3.8) is 0 Å². The van der Waals surface area contributed by atoms with Gasteiger partial charge in [-0.2, -0.15) is 0 Å². The zero-order valence-electron chi connectivity index (χ0n) is 21.9. The summed E-state index contributed by atoms with van der Waals surface area (Å²) in [5.41, 5.74) is 1.25. The van der Waals surface area contributed by atoms with E-state index in [-0.39, 0.29) is 21.7 Å². The lowest BCUT2D eigenvalue weighted by atomic mass is 9.93. The van der Waals surface area contributed by atoms with Gasteiger partial charge >= 0.3 is 5.97 Å². The van der Waals surface area contributed by atoms with Crippen molar-refractivity contribution in [2.45, 2.75) is 40.7 Å². The van der Waals surface area contributed by atoms with Crippen molar-refractivity contribution in [2.75, 3.05) is 19.0 Å². The number of carboxylic acid groups (broad SMARTS) is 1. The molecule has 0 fully saturated rings. The van der Waals surface area contributed by atoms with Gasteiger partial charge < -0.3 is 14.6 Å². The monoisotopic (exact) mass is 544 g/mol. The van der Waals surface area contributed by atoms with E-state index in [1.165, 1.54) is 6.92 Å². The van der Waals surface area contributed by atoms with E-state index in [1.54, 1.807) is 12.5 Å². The van der Waals surface area contributed by atoms with Gasteiger partial charge in [0.05, 0.1) is 19.4 Å². The second-order valence-corrected chi connectivity index (χ2v) is 10.7. The molecule has 38 heavy (non-hydrogen) atoms. The van der Waals surface area contributed by atoms with E-state index >= 15 is 0 Å². The Morgan fingerprint density at radius 1 is 1.18 bits per heavy atom. The maximum Gasteiger partial charge on any atom is 0.331 e. The number of aromatic nitrogens is 1. The van der Waals surface area contributed by atoms with E-state index < -0.39 is 29.1 Å². The first kappa shape index (κ1) is 28.9. The van der Waals surface area contributed by atoms with E-state index in [0.717, 1.165) is 41.5 Å². The van der Waals surface area contributed by atoms with Crippen LogP contribution in [0.5, 0.6) is 5.75 Å². The molecule has 202 valence electrons. The van der Waals surface area contributed by atoms with E-state index in [1.807, 2.05) is 18.2 Å². The molecule has 0 aliphatic heterocycles. The van der Waals surface area contributed by atoms with Crippen molar-refractivity contribution in [3.8, 4) is 17.0 Å². The van der Waals surface area contributed by atoms with E-state index in [0.29, 0.717) is 30.2 Å². The molecule has 1 amide bonds. The van der Waals surface area contributed by atoms with Crippen LogP contribution in [0, 0.1) is 17.0 Å². The number of anilines is 1. The van der Waals surface area contributed by atoms with Crippen molar-refractivity contribution in [2.24, 2.45) is 5.41 Å². The Morgan fingerprint density at radius 3 is 2.47 bits per heavy atom. The third-order valence-corrected chi connectivity index (χ3v) is 6.35. The zero-order chi connectivity index (χ0) is 28.0. The Balaban J connectivity index is 1.76. The molecule has 0 radical (unpaired) electrons. The fourth-order valence-electron chi connectivity index (χ4n) is 3.46. The van der Waals surface area contributed by atoms with Gasteiger partial charge in [0.2, 0.25) is 0 Å². The molecule has 0 spiro atoms. The van der Waals surface area contributed by atoms with Crippen LogP contribution in [0.25, 0.3) is 17.3 Å². The number of para-hydroxylation sites is 1. The summed E-state index contributed by atoms with van der Waals surface area (Å²) in [4.78, 5) is 28.1. The highest BCUT2D eigenvalue weighted by molar-refractivity contribution is 7.14. The quantitative estimate of drug-likeness (QED) is 0.215. The van der Waals surface area contributed by atoms with Gasteiger partial charge in [0.25, 0.3) is 5.91 Å². The van der Waals surface area contributed by atoms with Crippen molar-refractivity contribution >= 4 is 34.4 Å². The van der Waals surface area contributed by atoms with Crippen molar-refractivity contribution in [3.05, 3.63) is 69.6 Å². The number of benzene rings is 2. The Morgan fingerprint density at radius 2 is 1.87 bits per heavy atom. The van der Waals surface area contributed by atoms with Crippen LogP contribution in [-0.2, 0) is 16.1 Å². The first-order valence-corrected chi connectivity index (χ1v) is 12.7. The molecule has 0 saturated heterocycles. The molecule has 0 atom stereocenters. The minimum absolute atomic E-state index is 0.170. The second kappa shape index (κ2) is 12.3. The summed E-state index contributed by atoms with van der Waals surface area (Å²) in [6.07, 6.45) is 1.79. The number of nitrogens with one attached hydrogen (secondary N) is 1. The van der Waals surface area contributed by atoms with Gasteiger partial charge in [-0.15, -0.1) is 11.3 Å². The minimum Gasteiger partial charge on any atom is -0.496 e. The molecule has 0 saturated carbocycles. The maximum atomic E-state index is 14.5. The van der Waals surface area contributed by atoms with Crippen LogP contribution in [0.1, 0.15) is 55.6 Å². The molecule has 0 unspecified atom stereocenters. The maximum absolute atomic E-state index is 14.5. The Hall–Kier alpha value is -3.63. The average molecular weight is 545 g/mol. The molecule has 10 heteroatoms. The van der Waals surface area contributed by atoms with Crippen LogP contribution in [0.4, 0.5) is 13.9 Å². The normalized spacial score (nSPS) is 11.9. The van der Waals surface area contributed by atoms with Crippen LogP contribution >= 0.6 is 11.3 Å². The molecule has 1 aromatic heterocycles. The molecule has 0 aliphatic rings. The topological polar surface area (TPSA) is 97.8 Å². The van der Waals surface area contributed by atoms with E-state index in [9.17, 15) is 18.4 Å². The number of hydrogen-bond acceptors (Lipinski definition) is 6. The lowest BCUT2D eigenvalue weighted by molar-refractivity contribution is -0.132. The first-order valence-electron chi connectivity index (χ1n) is 11.8. The number of ether oxygens (including phenoxy) is 2. The lowest BCUT2D eigenvalue weighted by Gasteiger charge is -2.18. The van der Waals surface area contributed by atoms with Gasteiger partial charge in [-0.05, 0) is 43.0 Å². The van der Waals surface area contributed by atoms with Gasteiger partial charge in [0.15, 0.2) is 5.13 Å².